The van der Waals surface area contributed by atoms with E-state index in [1.807, 2.05) is 11.6 Å². The van der Waals surface area contributed by atoms with Gasteiger partial charge in [-0.05, 0) is 0 Å². The Hall–Kier alpha value is -1.36. The van der Waals surface area contributed by atoms with Gasteiger partial charge in [0, 0.05) is 17.8 Å². The van der Waals surface area contributed by atoms with Crippen LogP contribution in [0, 0.1) is 0 Å². The van der Waals surface area contributed by atoms with Gasteiger partial charge in [0.1, 0.15) is 18.0 Å². The van der Waals surface area contributed by atoms with E-state index < -0.39 is 0 Å². The summed E-state index contributed by atoms with van der Waals surface area (Å²) in [5.41, 5.74) is 0.988. The van der Waals surface area contributed by atoms with Crippen LogP contribution in [0.5, 0.6) is 0 Å². The number of rotatable bonds is 0. The average Bonchev–Trinajstić information content (AvgIpc) is 2.65. The third-order valence-electron chi connectivity index (χ3n) is 1.98. The Morgan fingerprint density at radius 2 is 2.46 bits per heavy atom. The molecular weight excluding hydrogens is 184 g/mol. The van der Waals surface area contributed by atoms with Crippen molar-refractivity contribution in [3.8, 4) is 0 Å². The van der Waals surface area contributed by atoms with Crippen molar-refractivity contribution in [3.05, 3.63) is 29.3 Å². The zero-order chi connectivity index (χ0) is 8.67. The SMILES string of the molecule is C1=NC2=CSCN2c2ncncc21. The molecule has 3 heterocycles. The second-order valence-corrected chi connectivity index (χ2v) is 3.59. The highest BCUT2D eigenvalue weighted by atomic mass is 32.2. The van der Waals surface area contributed by atoms with Crippen molar-refractivity contribution in [2.45, 2.75) is 0 Å². The third-order valence-corrected chi connectivity index (χ3v) is 2.76. The molecule has 0 amide bonds. The van der Waals surface area contributed by atoms with Gasteiger partial charge >= 0.3 is 0 Å². The van der Waals surface area contributed by atoms with Gasteiger partial charge in [0.2, 0.25) is 0 Å². The molecule has 0 N–H and O–H groups in total. The fourth-order valence-electron chi connectivity index (χ4n) is 1.37. The average molecular weight is 190 g/mol. The number of anilines is 1. The maximum atomic E-state index is 4.29. The fourth-order valence-corrected chi connectivity index (χ4v) is 2.19. The van der Waals surface area contributed by atoms with E-state index in [0.717, 1.165) is 23.1 Å². The fraction of sp³-hybridized carbons (Fsp3) is 0.125. The zero-order valence-corrected chi connectivity index (χ0v) is 7.53. The van der Waals surface area contributed by atoms with Gasteiger partial charge in [-0.25, -0.2) is 15.0 Å². The number of fused-ring (bicyclic) bond motifs is 3. The first kappa shape index (κ1) is 7.08. The van der Waals surface area contributed by atoms with E-state index in [2.05, 4.69) is 19.9 Å². The molecule has 0 aromatic carbocycles. The Balaban J connectivity index is 2.20. The maximum Gasteiger partial charge on any atom is 0.147 e. The van der Waals surface area contributed by atoms with Gasteiger partial charge < -0.3 is 0 Å². The van der Waals surface area contributed by atoms with E-state index in [-0.39, 0.29) is 0 Å². The van der Waals surface area contributed by atoms with Crippen LogP contribution in [0.4, 0.5) is 5.82 Å². The van der Waals surface area contributed by atoms with Gasteiger partial charge in [-0.2, -0.15) is 0 Å². The molecule has 0 radical (unpaired) electrons. The first-order chi connectivity index (χ1) is 6.45. The molecule has 0 unspecified atom stereocenters. The maximum absolute atomic E-state index is 4.29. The summed E-state index contributed by atoms with van der Waals surface area (Å²) in [5.74, 6) is 2.84. The van der Waals surface area contributed by atoms with Crippen LogP contribution in [0.3, 0.4) is 0 Å². The molecule has 0 fully saturated rings. The van der Waals surface area contributed by atoms with Gasteiger partial charge in [-0.1, -0.05) is 0 Å². The van der Waals surface area contributed by atoms with E-state index in [4.69, 9.17) is 0 Å². The smallest absolute Gasteiger partial charge is 0.147 e. The van der Waals surface area contributed by atoms with Crippen LogP contribution in [0.25, 0.3) is 0 Å². The quantitative estimate of drug-likeness (QED) is 0.616. The summed E-state index contributed by atoms with van der Waals surface area (Å²) in [4.78, 5) is 14.6. The first-order valence-electron chi connectivity index (χ1n) is 3.88. The van der Waals surface area contributed by atoms with Gasteiger partial charge in [0.25, 0.3) is 0 Å². The summed E-state index contributed by atoms with van der Waals surface area (Å²) in [6.07, 6.45) is 5.16. The Morgan fingerprint density at radius 1 is 1.46 bits per heavy atom. The highest BCUT2D eigenvalue weighted by Crippen LogP contribution is 2.32. The lowest BCUT2D eigenvalue weighted by Gasteiger charge is -2.21. The second-order valence-electron chi connectivity index (χ2n) is 2.76. The monoisotopic (exact) mass is 190 g/mol. The zero-order valence-electron chi connectivity index (χ0n) is 6.71. The predicted octanol–water partition coefficient (Wildman–Crippen LogP) is 1.22. The third kappa shape index (κ3) is 0.968. The molecule has 2 aliphatic rings. The normalized spacial score (nSPS) is 18.2. The lowest BCUT2D eigenvalue weighted by Crippen LogP contribution is -2.22. The number of aromatic nitrogens is 2. The number of thioether (sulfide) groups is 1. The molecule has 2 aliphatic heterocycles. The lowest BCUT2D eigenvalue weighted by molar-refractivity contribution is 0.983. The van der Waals surface area contributed by atoms with Crippen LogP contribution in [-0.2, 0) is 0 Å². The van der Waals surface area contributed by atoms with Crippen molar-refractivity contribution >= 4 is 23.8 Å². The molecule has 0 spiro atoms. The highest BCUT2D eigenvalue weighted by Gasteiger charge is 2.23. The summed E-state index contributed by atoms with van der Waals surface area (Å²) in [6, 6.07) is 0. The van der Waals surface area contributed by atoms with Crippen molar-refractivity contribution in [2.24, 2.45) is 4.99 Å². The standard InChI is InChI=1S/C8H6N4S/c1-6-2-10-7-3-13-5-12(7)8(6)11-4-9-1/h1-4H,5H2. The number of nitrogens with zero attached hydrogens (tertiary/aromatic N) is 4. The lowest BCUT2D eigenvalue weighted by atomic mass is 10.3. The minimum absolute atomic E-state index is 0.899. The predicted molar refractivity (Wildman–Crippen MR) is 52.6 cm³/mol. The van der Waals surface area contributed by atoms with Crippen molar-refractivity contribution in [1.29, 1.82) is 0 Å². The summed E-state index contributed by atoms with van der Waals surface area (Å²) in [7, 11) is 0. The summed E-state index contributed by atoms with van der Waals surface area (Å²) in [6.45, 7) is 0. The summed E-state index contributed by atoms with van der Waals surface area (Å²) < 4.78 is 0. The molecular formula is C8H6N4S. The van der Waals surface area contributed by atoms with Gasteiger partial charge in [-0.3, -0.25) is 4.90 Å². The van der Waals surface area contributed by atoms with Crippen LogP contribution in [0.1, 0.15) is 5.56 Å². The van der Waals surface area contributed by atoms with Gasteiger partial charge in [0.05, 0.1) is 11.4 Å². The Morgan fingerprint density at radius 3 is 3.46 bits per heavy atom. The van der Waals surface area contributed by atoms with E-state index in [0.29, 0.717) is 0 Å². The van der Waals surface area contributed by atoms with Gasteiger partial charge in [-0.15, -0.1) is 11.8 Å². The van der Waals surface area contributed by atoms with Gasteiger partial charge in [0.15, 0.2) is 0 Å². The van der Waals surface area contributed by atoms with Crippen molar-refractivity contribution in [2.75, 3.05) is 10.8 Å². The molecule has 0 saturated carbocycles. The number of aliphatic imine (C=N–C) groups is 1. The summed E-state index contributed by atoms with van der Waals surface area (Å²) in [5, 5.41) is 2.04. The Bertz CT molecular complexity index is 412. The topological polar surface area (TPSA) is 41.4 Å². The van der Waals surface area contributed by atoms with Crippen molar-refractivity contribution < 1.29 is 0 Å². The van der Waals surface area contributed by atoms with E-state index in [1.165, 1.54) is 0 Å². The summed E-state index contributed by atoms with van der Waals surface area (Å²) >= 11 is 1.73. The largest absolute Gasteiger partial charge is 0.300 e. The minimum atomic E-state index is 0.899. The van der Waals surface area contributed by atoms with Crippen LogP contribution in [0.15, 0.2) is 28.7 Å². The molecule has 3 rings (SSSR count). The molecule has 5 heteroatoms. The van der Waals surface area contributed by atoms with Crippen LogP contribution >= 0.6 is 11.8 Å². The molecule has 1 aromatic heterocycles. The molecule has 4 nitrogen and oxygen atoms in total. The number of hydrogen-bond donors (Lipinski definition) is 0. The Labute approximate surface area is 79.4 Å². The first-order valence-corrected chi connectivity index (χ1v) is 4.93. The van der Waals surface area contributed by atoms with E-state index >= 15 is 0 Å². The molecule has 1 aromatic rings. The van der Waals surface area contributed by atoms with Crippen LogP contribution in [0.2, 0.25) is 0 Å². The van der Waals surface area contributed by atoms with E-state index in [1.54, 1.807) is 24.3 Å². The minimum Gasteiger partial charge on any atom is -0.300 e. The Kier molecular flexibility index (Phi) is 1.40. The van der Waals surface area contributed by atoms with Crippen LogP contribution in [-0.4, -0.2) is 22.1 Å². The molecule has 0 bridgehead atoms. The highest BCUT2D eigenvalue weighted by molar-refractivity contribution is 8.02. The van der Waals surface area contributed by atoms with Crippen molar-refractivity contribution in [3.63, 3.8) is 0 Å². The molecule has 0 atom stereocenters. The molecule has 64 valence electrons. The molecule has 0 aliphatic carbocycles. The molecule has 0 saturated heterocycles. The van der Waals surface area contributed by atoms with Crippen molar-refractivity contribution in [1.82, 2.24) is 9.97 Å². The molecule has 13 heavy (non-hydrogen) atoms. The van der Waals surface area contributed by atoms with Crippen LogP contribution < -0.4 is 4.90 Å². The number of hydrogen-bond acceptors (Lipinski definition) is 5. The second kappa shape index (κ2) is 2.56. The van der Waals surface area contributed by atoms with E-state index in [9.17, 15) is 0 Å².